The number of ether oxygens (including phenoxy) is 1. The molecule has 1 aromatic rings. The molecule has 86 valence electrons. The predicted octanol–water partition coefficient (Wildman–Crippen LogP) is 2.90. The molecule has 6 heteroatoms. The van der Waals surface area contributed by atoms with Crippen molar-refractivity contribution in [2.24, 2.45) is 5.84 Å². The van der Waals surface area contributed by atoms with Crippen molar-refractivity contribution in [2.75, 3.05) is 5.43 Å². The number of benzene rings is 1. The van der Waals surface area contributed by atoms with Gasteiger partial charge in [0, 0.05) is 5.69 Å². The molecule has 0 atom stereocenters. The van der Waals surface area contributed by atoms with Crippen LogP contribution in [0.5, 0.6) is 5.75 Å². The van der Waals surface area contributed by atoms with Gasteiger partial charge in [0.25, 0.3) is 0 Å². The Morgan fingerprint density at radius 1 is 1.13 bits per heavy atom. The Morgan fingerprint density at radius 3 is 1.93 bits per heavy atom. The fraction of sp³-hybridized carbons (Fsp3) is 0.333. The van der Waals surface area contributed by atoms with Crippen molar-refractivity contribution in [3.63, 3.8) is 0 Å². The van der Waals surface area contributed by atoms with Gasteiger partial charge in [0.05, 0.1) is 0 Å². The number of nitrogen functional groups attached to an aromatic ring is 1. The Hall–Kier alpha value is -1.43. The van der Waals surface area contributed by atoms with Crippen molar-refractivity contribution in [1.82, 2.24) is 0 Å². The Kier molecular flexibility index (Phi) is 5.54. The maximum atomic E-state index is 11.7. The number of anilines is 1. The molecular formula is C9H13F3N2O. The smallest absolute Gasteiger partial charge is 0.406 e. The SMILES string of the molecule is CC.NNc1ccc(OC(F)(F)F)cc1. The van der Waals surface area contributed by atoms with Gasteiger partial charge in [-0.3, -0.25) is 5.84 Å². The Balaban J connectivity index is 0.000000921. The third-order valence-electron chi connectivity index (χ3n) is 1.25. The van der Waals surface area contributed by atoms with Crippen LogP contribution in [0.25, 0.3) is 0 Å². The van der Waals surface area contributed by atoms with E-state index >= 15 is 0 Å². The summed E-state index contributed by atoms with van der Waals surface area (Å²) in [6.07, 6.45) is -4.66. The van der Waals surface area contributed by atoms with Crippen molar-refractivity contribution >= 4 is 5.69 Å². The summed E-state index contributed by atoms with van der Waals surface area (Å²) in [5.74, 6) is 4.74. The minimum Gasteiger partial charge on any atom is -0.406 e. The van der Waals surface area contributed by atoms with E-state index in [0.29, 0.717) is 5.69 Å². The number of hydrogen-bond acceptors (Lipinski definition) is 3. The molecule has 0 saturated carbocycles. The molecule has 0 heterocycles. The van der Waals surface area contributed by atoms with Gasteiger partial charge >= 0.3 is 6.36 Å². The summed E-state index contributed by atoms with van der Waals surface area (Å²) in [6.45, 7) is 4.00. The molecule has 0 aliphatic carbocycles. The molecule has 3 nitrogen and oxygen atoms in total. The standard InChI is InChI=1S/C7H7F3N2O.C2H6/c8-7(9,10)13-6-3-1-5(12-11)2-4-6;1-2/h1-4,12H,11H2;1-2H3. The van der Waals surface area contributed by atoms with E-state index in [-0.39, 0.29) is 5.75 Å². The van der Waals surface area contributed by atoms with E-state index in [4.69, 9.17) is 5.84 Å². The lowest BCUT2D eigenvalue weighted by atomic mass is 10.3. The predicted molar refractivity (Wildman–Crippen MR) is 52.3 cm³/mol. The van der Waals surface area contributed by atoms with Crippen molar-refractivity contribution in [1.29, 1.82) is 0 Å². The van der Waals surface area contributed by atoms with Crippen molar-refractivity contribution in [3.05, 3.63) is 24.3 Å². The first-order chi connectivity index (χ1) is 7.01. The second-order valence-electron chi connectivity index (χ2n) is 2.22. The van der Waals surface area contributed by atoms with Crippen LogP contribution in [-0.4, -0.2) is 6.36 Å². The van der Waals surface area contributed by atoms with Crippen LogP contribution in [0.15, 0.2) is 24.3 Å². The first-order valence-electron chi connectivity index (χ1n) is 4.34. The van der Waals surface area contributed by atoms with E-state index in [9.17, 15) is 13.2 Å². The highest BCUT2D eigenvalue weighted by atomic mass is 19.4. The second-order valence-corrected chi connectivity index (χ2v) is 2.22. The van der Waals surface area contributed by atoms with Gasteiger partial charge in [0.15, 0.2) is 0 Å². The zero-order chi connectivity index (χ0) is 11.9. The Labute approximate surface area is 86.0 Å². The molecular weight excluding hydrogens is 209 g/mol. The van der Waals surface area contributed by atoms with Crippen molar-refractivity contribution in [3.8, 4) is 5.75 Å². The maximum absolute atomic E-state index is 11.7. The lowest BCUT2D eigenvalue weighted by molar-refractivity contribution is -0.274. The Bertz CT molecular complexity index is 272. The van der Waals surface area contributed by atoms with Crippen molar-refractivity contribution in [2.45, 2.75) is 20.2 Å². The highest BCUT2D eigenvalue weighted by Crippen LogP contribution is 2.23. The molecule has 0 aromatic heterocycles. The summed E-state index contributed by atoms with van der Waals surface area (Å²) in [7, 11) is 0. The molecule has 0 amide bonds. The van der Waals surface area contributed by atoms with Crippen LogP contribution in [0.1, 0.15) is 13.8 Å². The first kappa shape index (κ1) is 13.6. The van der Waals surface area contributed by atoms with Crippen molar-refractivity contribution < 1.29 is 17.9 Å². The number of nitrogens with two attached hydrogens (primary N) is 1. The normalized spacial score (nSPS) is 10.0. The molecule has 1 rings (SSSR count). The molecule has 0 bridgehead atoms. The number of halogens is 3. The minimum atomic E-state index is -4.66. The molecule has 0 aliphatic rings. The first-order valence-corrected chi connectivity index (χ1v) is 4.34. The van der Waals surface area contributed by atoms with Gasteiger partial charge in [-0.25, -0.2) is 0 Å². The van der Waals surface area contributed by atoms with E-state index in [1.807, 2.05) is 13.8 Å². The molecule has 0 unspecified atom stereocenters. The van der Waals surface area contributed by atoms with Gasteiger partial charge < -0.3 is 10.2 Å². The number of hydrogen-bond donors (Lipinski definition) is 2. The lowest BCUT2D eigenvalue weighted by Gasteiger charge is -2.08. The summed E-state index contributed by atoms with van der Waals surface area (Å²) < 4.78 is 38.6. The molecule has 1 aromatic carbocycles. The number of alkyl halides is 3. The minimum absolute atomic E-state index is 0.272. The van der Waals surface area contributed by atoms with Crippen LogP contribution in [0.4, 0.5) is 18.9 Å². The topological polar surface area (TPSA) is 47.3 Å². The van der Waals surface area contributed by atoms with Gasteiger partial charge in [0.2, 0.25) is 0 Å². The molecule has 3 N–H and O–H groups in total. The highest BCUT2D eigenvalue weighted by molar-refractivity contribution is 5.45. The molecule has 0 radical (unpaired) electrons. The Morgan fingerprint density at radius 2 is 1.60 bits per heavy atom. The molecule has 0 aliphatic heterocycles. The highest BCUT2D eigenvalue weighted by Gasteiger charge is 2.30. The summed E-state index contributed by atoms with van der Waals surface area (Å²) in [6, 6.07) is 5.09. The molecule has 0 saturated heterocycles. The fourth-order valence-corrected chi connectivity index (χ4v) is 0.753. The van der Waals surface area contributed by atoms with Gasteiger partial charge in [-0.2, -0.15) is 0 Å². The van der Waals surface area contributed by atoms with Crippen LogP contribution in [-0.2, 0) is 0 Å². The van der Waals surface area contributed by atoms with E-state index in [0.717, 1.165) is 0 Å². The van der Waals surface area contributed by atoms with E-state index in [1.54, 1.807) is 0 Å². The lowest BCUT2D eigenvalue weighted by Crippen LogP contribution is -2.17. The van der Waals surface area contributed by atoms with Gasteiger partial charge in [0.1, 0.15) is 5.75 Å². The molecule has 0 spiro atoms. The zero-order valence-corrected chi connectivity index (χ0v) is 8.43. The zero-order valence-electron chi connectivity index (χ0n) is 8.43. The summed E-state index contributed by atoms with van der Waals surface area (Å²) in [5.41, 5.74) is 2.79. The molecule has 15 heavy (non-hydrogen) atoms. The third kappa shape index (κ3) is 5.79. The van der Waals surface area contributed by atoms with E-state index in [1.165, 1.54) is 24.3 Å². The van der Waals surface area contributed by atoms with Crippen LogP contribution >= 0.6 is 0 Å². The van der Waals surface area contributed by atoms with Crippen LogP contribution in [0, 0.1) is 0 Å². The average Bonchev–Trinajstić information content (AvgIpc) is 2.20. The maximum Gasteiger partial charge on any atom is 0.573 e. The fourth-order valence-electron chi connectivity index (χ4n) is 0.753. The summed E-state index contributed by atoms with van der Waals surface area (Å²) >= 11 is 0. The van der Waals surface area contributed by atoms with Gasteiger partial charge in [-0.15, -0.1) is 13.2 Å². The summed E-state index contributed by atoms with van der Waals surface area (Å²) in [4.78, 5) is 0. The average molecular weight is 222 g/mol. The van der Waals surface area contributed by atoms with Gasteiger partial charge in [-0.05, 0) is 24.3 Å². The van der Waals surface area contributed by atoms with Crippen LogP contribution in [0.3, 0.4) is 0 Å². The third-order valence-corrected chi connectivity index (χ3v) is 1.25. The van der Waals surface area contributed by atoms with E-state index in [2.05, 4.69) is 10.2 Å². The van der Waals surface area contributed by atoms with Crippen LogP contribution in [0.2, 0.25) is 0 Å². The second kappa shape index (κ2) is 6.13. The molecule has 0 fully saturated rings. The van der Waals surface area contributed by atoms with E-state index < -0.39 is 6.36 Å². The largest absolute Gasteiger partial charge is 0.573 e. The summed E-state index contributed by atoms with van der Waals surface area (Å²) in [5, 5.41) is 0. The monoisotopic (exact) mass is 222 g/mol. The van der Waals surface area contributed by atoms with Crippen LogP contribution < -0.4 is 16.0 Å². The number of rotatable bonds is 2. The number of hydrazine groups is 1. The quantitative estimate of drug-likeness (QED) is 0.597. The number of nitrogens with one attached hydrogen (secondary N) is 1. The van der Waals surface area contributed by atoms with Gasteiger partial charge in [-0.1, -0.05) is 13.8 Å².